The lowest BCUT2D eigenvalue weighted by Crippen LogP contribution is -2.25. The van der Waals surface area contributed by atoms with Gasteiger partial charge in [0.25, 0.3) is 0 Å². The van der Waals surface area contributed by atoms with Gasteiger partial charge in [-0.05, 0) is 39.3 Å². The summed E-state index contributed by atoms with van der Waals surface area (Å²) < 4.78 is 11.1. The largest absolute Gasteiger partial charge is 0.379 e. The summed E-state index contributed by atoms with van der Waals surface area (Å²) in [6.45, 7) is 3.58. The molecule has 1 heterocycles. The van der Waals surface area contributed by atoms with Gasteiger partial charge in [0.15, 0.2) is 0 Å². The molecule has 1 fully saturated rings. The van der Waals surface area contributed by atoms with Crippen LogP contribution in [-0.4, -0.2) is 39.5 Å². The summed E-state index contributed by atoms with van der Waals surface area (Å²) in [5.74, 6) is 0. The van der Waals surface area contributed by atoms with Crippen LogP contribution in [0.15, 0.2) is 0 Å². The Hall–Kier alpha value is -0.120. The van der Waals surface area contributed by atoms with Crippen molar-refractivity contribution in [2.75, 3.05) is 33.4 Å². The molecule has 13 heavy (non-hydrogen) atoms. The van der Waals surface area contributed by atoms with Gasteiger partial charge in [0.1, 0.15) is 0 Å². The summed E-state index contributed by atoms with van der Waals surface area (Å²) in [5, 5.41) is 3.09. The highest BCUT2D eigenvalue weighted by Gasteiger charge is 2.13. The maximum Gasteiger partial charge on any atom is 0.0808 e. The average molecular weight is 187 g/mol. The minimum atomic E-state index is 0.364. The lowest BCUT2D eigenvalue weighted by Gasteiger charge is -2.22. The minimum Gasteiger partial charge on any atom is -0.379 e. The lowest BCUT2D eigenvalue weighted by molar-refractivity contribution is -0.0407. The van der Waals surface area contributed by atoms with E-state index >= 15 is 0 Å². The molecule has 0 amide bonds. The fourth-order valence-corrected chi connectivity index (χ4v) is 1.50. The van der Waals surface area contributed by atoms with E-state index in [4.69, 9.17) is 9.47 Å². The topological polar surface area (TPSA) is 30.5 Å². The molecule has 1 saturated heterocycles. The second kappa shape index (κ2) is 7.30. The molecule has 1 N–H and O–H groups in total. The average Bonchev–Trinajstić information content (AvgIpc) is 2.19. The number of nitrogens with one attached hydrogen (secondary N) is 1. The van der Waals surface area contributed by atoms with Gasteiger partial charge in [0.05, 0.1) is 12.7 Å². The lowest BCUT2D eigenvalue weighted by atomic mass is 10.1. The van der Waals surface area contributed by atoms with Crippen LogP contribution in [0.25, 0.3) is 0 Å². The molecule has 78 valence electrons. The molecule has 1 aliphatic heterocycles. The Morgan fingerprint density at radius 3 is 3.08 bits per heavy atom. The Bertz CT molecular complexity index is 113. The first-order chi connectivity index (χ1) is 6.43. The van der Waals surface area contributed by atoms with E-state index in [9.17, 15) is 0 Å². The smallest absolute Gasteiger partial charge is 0.0808 e. The minimum absolute atomic E-state index is 0.364. The number of rotatable bonds is 6. The quantitative estimate of drug-likeness (QED) is 0.633. The third-order valence-electron chi connectivity index (χ3n) is 2.29. The maximum atomic E-state index is 5.54. The van der Waals surface area contributed by atoms with Crippen LogP contribution in [0.4, 0.5) is 0 Å². The fraction of sp³-hybridized carbons (Fsp3) is 1.00. The zero-order chi connectivity index (χ0) is 9.36. The van der Waals surface area contributed by atoms with Crippen molar-refractivity contribution >= 4 is 0 Å². The zero-order valence-corrected chi connectivity index (χ0v) is 8.55. The van der Waals surface area contributed by atoms with Crippen molar-refractivity contribution in [3.63, 3.8) is 0 Å². The highest BCUT2D eigenvalue weighted by atomic mass is 16.5. The molecule has 3 heteroatoms. The third kappa shape index (κ3) is 5.24. The van der Waals surface area contributed by atoms with Gasteiger partial charge in [-0.15, -0.1) is 0 Å². The Balaban J connectivity index is 1.86. The van der Waals surface area contributed by atoms with E-state index in [1.54, 1.807) is 0 Å². The number of ether oxygens (including phenoxy) is 2. The Kier molecular flexibility index (Phi) is 6.15. The van der Waals surface area contributed by atoms with Gasteiger partial charge in [-0.2, -0.15) is 0 Å². The molecule has 0 saturated carbocycles. The van der Waals surface area contributed by atoms with Crippen LogP contribution in [0.5, 0.6) is 0 Å². The predicted molar refractivity (Wildman–Crippen MR) is 53.0 cm³/mol. The Morgan fingerprint density at radius 1 is 1.46 bits per heavy atom. The van der Waals surface area contributed by atoms with Crippen molar-refractivity contribution in [1.82, 2.24) is 5.32 Å². The molecule has 1 rings (SSSR count). The second-order valence-corrected chi connectivity index (χ2v) is 3.52. The van der Waals surface area contributed by atoms with Crippen molar-refractivity contribution in [3.8, 4) is 0 Å². The maximum absolute atomic E-state index is 5.54. The van der Waals surface area contributed by atoms with E-state index in [0.717, 1.165) is 32.8 Å². The molecular formula is C10H21NO2. The molecule has 0 spiro atoms. The first-order valence-corrected chi connectivity index (χ1v) is 5.27. The van der Waals surface area contributed by atoms with Crippen LogP contribution < -0.4 is 5.32 Å². The van der Waals surface area contributed by atoms with Gasteiger partial charge in [0.2, 0.25) is 0 Å². The standard InChI is InChI=1S/C10H21NO2/c1-11-6-4-7-12-9-10-5-2-3-8-13-10/h10-11H,2-9H2,1H3. The Labute approximate surface area is 80.8 Å². The molecule has 0 radical (unpaired) electrons. The number of hydrogen-bond donors (Lipinski definition) is 1. The van der Waals surface area contributed by atoms with Gasteiger partial charge in [-0.25, -0.2) is 0 Å². The first kappa shape index (κ1) is 11.0. The molecule has 1 atom stereocenters. The molecule has 0 aromatic carbocycles. The van der Waals surface area contributed by atoms with Crippen LogP contribution >= 0.6 is 0 Å². The molecule has 0 aliphatic carbocycles. The van der Waals surface area contributed by atoms with Crippen LogP contribution in [0.2, 0.25) is 0 Å². The summed E-state index contributed by atoms with van der Waals surface area (Å²) in [6, 6.07) is 0. The van der Waals surface area contributed by atoms with Gasteiger partial charge in [-0.3, -0.25) is 0 Å². The van der Waals surface area contributed by atoms with E-state index in [-0.39, 0.29) is 0 Å². The summed E-state index contributed by atoms with van der Waals surface area (Å²) in [5.41, 5.74) is 0. The van der Waals surface area contributed by atoms with Crippen molar-refractivity contribution in [2.45, 2.75) is 31.8 Å². The van der Waals surface area contributed by atoms with Gasteiger partial charge >= 0.3 is 0 Å². The molecule has 0 bridgehead atoms. The van der Waals surface area contributed by atoms with Crippen molar-refractivity contribution < 1.29 is 9.47 Å². The highest BCUT2D eigenvalue weighted by Crippen LogP contribution is 2.12. The van der Waals surface area contributed by atoms with Crippen LogP contribution in [-0.2, 0) is 9.47 Å². The normalized spacial score (nSPS) is 23.3. The van der Waals surface area contributed by atoms with Crippen LogP contribution in [0, 0.1) is 0 Å². The number of hydrogen-bond acceptors (Lipinski definition) is 3. The summed E-state index contributed by atoms with van der Waals surface area (Å²) in [6.07, 6.45) is 5.14. The van der Waals surface area contributed by atoms with E-state index in [2.05, 4.69) is 5.32 Å². The summed E-state index contributed by atoms with van der Waals surface area (Å²) in [4.78, 5) is 0. The van der Waals surface area contributed by atoms with Gasteiger partial charge in [-0.1, -0.05) is 0 Å². The van der Waals surface area contributed by atoms with E-state index in [0.29, 0.717) is 6.10 Å². The second-order valence-electron chi connectivity index (χ2n) is 3.52. The van der Waals surface area contributed by atoms with Crippen molar-refractivity contribution in [2.24, 2.45) is 0 Å². The van der Waals surface area contributed by atoms with Gasteiger partial charge < -0.3 is 14.8 Å². The fourth-order valence-electron chi connectivity index (χ4n) is 1.50. The predicted octanol–water partition coefficient (Wildman–Crippen LogP) is 1.18. The summed E-state index contributed by atoms with van der Waals surface area (Å²) >= 11 is 0. The van der Waals surface area contributed by atoms with Crippen LogP contribution in [0.3, 0.4) is 0 Å². The van der Waals surface area contributed by atoms with Crippen LogP contribution in [0.1, 0.15) is 25.7 Å². The Morgan fingerprint density at radius 2 is 2.38 bits per heavy atom. The van der Waals surface area contributed by atoms with E-state index in [1.165, 1.54) is 19.3 Å². The monoisotopic (exact) mass is 187 g/mol. The molecule has 1 unspecified atom stereocenters. The molecular weight excluding hydrogens is 166 g/mol. The van der Waals surface area contributed by atoms with Gasteiger partial charge in [0, 0.05) is 13.2 Å². The zero-order valence-electron chi connectivity index (χ0n) is 8.55. The van der Waals surface area contributed by atoms with Crippen molar-refractivity contribution in [3.05, 3.63) is 0 Å². The highest BCUT2D eigenvalue weighted by molar-refractivity contribution is 4.62. The third-order valence-corrected chi connectivity index (χ3v) is 2.29. The van der Waals surface area contributed by atoms with E-state index < -0.39 is 0 Å². The molecule has 0 aromatic rings. The summed E-state index contributed by atoms with van der Waals surface area (Å²) in [7, 11) is 1.96. The first-order valence-electron chi connectivity index (χ1n) is 5.27. The van der Waals surface area contributed by atoms with E-state index in [1.807, 2.05) is 7.05 Å². The SMILES string of the molecule is CNCCCOCC1CCCCO1. The molecule has 3 nitrogen and oxygen atoms in total. The molecule has 0 aromatic heterocycles. The molecule has 1 aliphatic rings. The van der Waals surface area contributed by atoms with Crippen molar-refractivity contribution in [1.29, 1.82) is 0 Å².